The molecule has 0 unspecified atom stereocenters. The number of carbonyl (C=O) groups excluding carboxylic acids is 1. The van der Waals surface area contributed by atoms with E-state index in [4.69, 9.17) is 5.73 Å². The molecular formula is C15H16N6OS. The largest absolute Gasteiger partial charge is 0.350 e. The summed E-state index contributed by atoms with van der Waals surface area (Å²) in [7, 11) is 0. The summed E-state index contributed by atoms with van der Waals surface area (Å²) in [5, 5.41) is 9.46. The monoisotopic (exact) mass is 328 g/mol. The number of urea groups is 1. The highest BCUT2D eigenvalue weighted by molar-refractivity contribution is 7.16. The fourth-order valence-corrected chi connectivity index (χ4v) is 3.20. The zero-order valence-corrected chi connectivity index (χ0v) is 13.4. The molecule has 1 aromatic carbocycles. The van der Waals surface area contributed by atoms with Crippen molar-refractivity contribution in [2.24, 2.45) is 10.8 Å². The third-order valence-corrected chi connectivity index (χ3v) is 4.12. The van der Waals surface area contributed by atoms with E-state index < -0.39 is 6.03 Å². The van der Waals surface area contributed by atoms with E-state index in [0.29, 0.717) is 5.69 Å². The van der Waals surface area contributed by atoms with Gasteiger partial charge in [0, 0.05) is 12.0 Å². The van der Waals surface area contributed by atoms with E-state index in [1.165, 1.54) is 6.21 Å². The van der Waals surface area contributed by atoms with E-state index in [0.717, 1.165) is 34.1 Å². The minimum absolute atomic E-state index is 0.707. The quantitative estimate of drug-likeness (QED) is 0.556. The van der Waals surface area contributed by atoms with E-state index in [1.54, 1.807) is 15.9 Å². The van der Waals surface area contributed by atoms with Crippen molar-refractivity contribution < 1.29 is 4.79 Å². The predicted octanol–water partition coefficient (Wildman–Crippen LogP) is 2.41. The molecule has 0 aliphatic carbocycles. The van der Waals surface area contributed by atoms with Crippen LogP contribution < -0.4 is 11.2 Å². The zero-order valence-electron chi connectivity index (χ0n) is 12.6. The van der Waals surface area contributed by atoms with Gasteiger partial charge >= 0.3 is 6.03 Å². The number of hydrazone groups is 1. The molecule has 3 aromatic rings. The van der Waals surface area contributed by atoms with Gasteiger partial charge in [-0.1, -0.05) is 48.6 Å². The highest BCUT2D eigenvalue weighted by atomic mass is 32.1. The van der Waals surface area contributed by atoms with Crippen LogP contribution in [0, 0.1) is 0 Å². The van der Waals surface area contributed by atoms with Crippen molar-refractivity contribution in [2.75, 3.05) is 0 Å². The second-order valence-corrected chi connectivity index (χ2v) is 5.93. The molecule has 0 bridgehead atoms. The van der Waals surface area contributed by atoms with Crippen molar-refractivity contribution in [3.8, 4) is 11.3 Å². The van der Waals surface area contributed by atoms with Crippen molar-refractivity contribution in [3.63, 3.8) is 0 Å². The predicted molar refractivity (Wildman–Crippen MR) is 90.6 cm³/mol. The normalized spacial score (nSPS) is 11.3. The van der Waals surface area contributed by atoms with Gasteiger partial charge in [0.1, 0.15) is 16.4 Å². The third kappa shape index (κ3) is 3.21. The van der Waals surface area contributed by atoms with E-state index in [2.05, 4.69) is 27.5 Å². The van der Waals surface area contributed by atoms with Gasteiger partial charge in [0.25, 0.3) is 0 Å². The molecule has 7 nitrogen and oxygen atoms in total. The highest BCUT2D eigenvalue weighted by Crippen LogP contribution is 2.26. The summed E-state index contributed by atoms with van der Waals surface area (Å²) in [6.45, 7) is 2.11. The Hall–Kier alpha value is -2.74. The number of nitrogens with zero attached hydrogens (tertiary/aromatic N) is 4. The smallest absolute Gasteiger partial charge is 0.332 e. The molecule has 2 aromatic heterocycles. The lowest BCUT2D eigenvalue weighted by atomic mass is 10.1. The highest BCUT2D eigenvalue weighted by Gasteiger charge is 2.16. The lowest BCUT2D eigenvalue weighted by Crippen LogP contribution is -2.24. The van der Waals surface area contributed by atoms with E-state index >= 15 is 0 Å². The van der Waals surface area contributed by atoms with Gasteiger partial charge in [-0.3, -0.25) is 0 Å². The number of primary amides is 1. The van der Waals surface area contributed by atoms with Crippen LogP contribution in [0.1, 0.15) is 24.0 Å². The van der Waals surface area contributed by atoms with E-state index in [9.17, 15) is 4.79 Å². The van der Waals surface area contributed by atoms with Crippen LogP contribution in [-0.4, -0.2) is 26.8 Å². The summed E-state index contributed by atoms with van der Waals surface area (Å²) in [5.41, 5.74) is 9.67. The molecule has 8 heteroatoms. The van der Waals surface area contributed by atoms with Crippen LogP contribution in [-0.2, 0) is 6.42 Å². The molecule has 2 amide bonds. The van der Waals surface area contributed by atoms with Gasteiger partial charge in [0.05, 0.1) is 6.21 Å². The number of hydrogen-bond donors (Lipinski definition) is 2. The maximum Gasteiger partial charge on any atom is 0.332 e. The molecule has 23 heavy (non-hydrogen) atoms. The number of nitrogens with two attached hydrogens (primary N) is 1. The fraction of sp³-hybridized carbons (Fsp3) is 0.200. The average Bonchev–Trinajstić information content (AvgIpc) is 3.07. The molecule has 3 rings (SSSR count). The lowest BCUT2D eigenvalue weighted by molar-refractivity contribution is 0.249. The van der Waals surface area contributed by atoms with Gasteiger partial charge in [-0.2, -0.15) is 10.2 Å². The Labute approximate surface area is 136 Å². The van der Waals surface area contributed by atoms with Gasteiger partial charge in [-0.15, -0.1) is 0 Å². The summed E-state index contributed by atoms with van der Waals surface area (Å²) in [6, 6.07) is 9.06. The SMILES string of the molecule is CCCc1nn2c(/C=N/NC(N)=O)c(-c3ccccc3)nc2s1. The molecule has 0 aliphatic rings. The number of rotatable bonds is 5. The number of carbonyl (C=O) groups is 1. The number of aromatic nitrogens is 3. The molecule has 2 heterocycles. The first-order chi connectivity index (χ1) is 11.2. The Morgan fingerprint density at radius 3 is 2.91 bits per heavy atom. The van der Waals surface area contributed by atoms with Gasteiger partial charge in [-0.05, 0) is 6.42 Å². The molecule has 0 saturated carbocycles. The first-order valence-corrected chi connectivity index (χ1v) is 8.03. The van der Waals surface area contributed by atoms with Crippen LogP contribution in [0.2, 0.25) is 0 Å². The molecule has 3 N–H and O–H groups in total. The Morgan fingerprint density at radius 2 is 2.22 bits per heavy atom. The van der Waals surface area contributed by atoms with Gasteiger partial charge in [0.2, 0.25) is 4.96 Å². The Morgan fingerprint density at radius 1 is 1.43 bits per heavy atom. The lowest BCUT2D eigenvalue weighted by Gasteiger charge is -1.99. The van der Waals surface area contributed by atoms with Crippen molar-refractivity contribution in [1.82, 2.24) is 20.0 Å². The van der Waals surface area contributed by atoms with Gasteiger partial charge in [0.15, 0.2) is 0 Å². The minimum Gasteiger partial charge on any atom is -0.350 e. The summed E-state index contributed by atoms with van der Waals surface area (Å²) >= 11 is 1.56. The maximum absolute atomic E-state index is 10.8. The van der Waals surface area contributed by atoms with Crippen molar-refractivity contribution in [3.05, 3.63) is 41.0 Å². The first kappa shape index (κ1) is 15.2. The molecule has 0 spiro atoms. The van der Waals surface area contributed by atoms with E-state index in [-0.39, 0.29) is 0 Å². The molecule has 0 fully saturated rings. The molecule has 0 saturated heterocycles. The van der Waals surface area contributed by atoms with Gasteiger partial charge in [-0.25, -0.2) is 19.7 Å². The average molecular weight is 328 g/mol. The van der Waals surface area contributed by atoms with Gasteiger partial charge < -0.3 is 5.73 Å². The number of fused-ring (bicyclic) bond motifs is 1. The van der Waals surface area contributed by atoms with Crippen LogP contribution in [0.3, 0.4) is 0 Å². The van der Waals surface area contributed by atoms with Crippen LogP contribution in [0.5, 0.6) is 0 Å². The van der Waals surface area contributed by atoms with Crippen LogP contribution in [0.15, 0.2) is 35.4 Å². The summed E-state index contributed by atoms with van der Waals surface area (Å²) in [5.74, 6) is 0. The maximum atomic E-state index is 10.8. The van der Waals surface area contributed by atoms with Crippen molar-refractivity contribution >= 4 is 28.5 Å². The third-order valence-electron chi connectivity index (χ3n) is 3.15. The first-order valence-electron chi connectivity index (χ1n) is 7.21. The van der Waals surface area contributed by atoms with Crippen LogP contribution in [0.25, 0.3) is 16.2 Å². The standard InChI is InChI=1S/C15H16N6OS/c1-2-6-12-20-21-11(9-17-19-14(16)22)13(18-15(21)23-12)10-7-4-3-5-8-10/h3-5,7-9H,2,6H2,1H3,(H3,16,19,22)/b17-9+. The number of nitrogens with one attached hydrogen (secondary N) is 1. The number of hydrogen-bond acceptors (Lipinski definition) is 5. The molecule has 0 radical (unpaired) electrons. The zero-order chi connectivity index (χ0) is 16.2. The molecular weight excluding hydrogens is 312 g/mol. The topological polar surface area (TPSA) is 97.7 Å². The van der Waals surface area contributed by atoms with Crippen LogP contribution >= 0.6 is 11.3 Å². The fourth-order valence-electron chi connectivity index (χ4n) is 2.20. The van der Waals surface area contributed by atoms with Crippen LogP contribution in [0.4, 0.5) is 4.79 Å². The second kappa shape index (κ2) is 6.57. The molecule has 0 aliphatic heterocycles. The Kier molecular flexibility index (Phi) is 4.33. The number of aryl methyl sites for hydroxylation is 1. The Bertz CT molecular complexity index is 852. The number of benzene rings is 1. The van der Waals surface area contributed by atoms with E-state index in [1.807, 2.05) is 30.3 Å². The Balaban J connectivity index is 2.09. The summed E-state index contributed by atoms with van der Waals surface area (Å²) in [4.78, 5) is 16.3. The molecule has 0 atom stereocenters. The minimum atomic E-state index is -0.715. The molecule has 118 valence electrons. The summed E-state index contributed by atoms with van der Waals surface area (Å²) < 4.78 is 1.75. The second-order valence-electron chi connectivity index (χ2n) is 4.89. The number of amides is 2. The van der Waals surface area contributed by atoms with Crippen molar-refractivity contribution in [1.29, 1.82) is 0 Å². The summed E-state index contributed by atoms with van der Waals surface area (Å²) in [6.07, 6.45) is 3.45. The van der Waals surface area contributed by atoms with Crippen molar-refractivity contribution in [2.45, 2.75) is 19.8 Å². The number of imidazole rings is 1.